The predicted molar refractivity (Wildman–Crippen MR) is 102 cm³/mol. The molecule has 0 radical (unpaired) electrons. The predicted octanol–water partition coefficient (Wildman–Crippen LogP) is 3.17. The number of rotatable bonds is 8. The Hall–Kier alpha value is -2.45. The molecule has 2 aromatic carbocycles. The van der Waals surface area contributed by atoms with Crippen molar-refractivity contribution in [3.05, 3.63) is 59.7 Å². The highest BCUT2D eigenvalue weighted by atomic mass is 32.2. The number of anilines is 1. The lowest BCUT2D eigenvalue weighted by Crippen LogP contribution is -2.32. The Morgan fingerprint density at radius 2 is 1.93 bits per heavy atom. The van der Waals surface area contributed by atoms with Gasteiger partial charge in [-0.3, -0.25) is 14.5 Å². The van der Waals surface area contributed by atoms with E-state index in [1.165, 1.54) is 11.8 Å². The molecule has 5 nitrogen and oxygen atoms in total. The van der Waals surface area contributed by atoms with E-state index in [1.807, 2.05) is 0 Å². The number of carbonyl (C=O) groups excluding carboxylic acids is 2. The number of carbonyl (C=O) groups is 2. The lowest BCUT2D eigenvalue weighted by molar-refractivity contribution is -0.117. The van der Waals surface area contributed by atoms with Gasteiger partial charge in [-0.05, 0) is 44.3 Å². The van der Waals surface area contributed by atoms with Gasteiger partial charge in [0.25, 0.3) is 0 Å². The van der Waals surface area contributed by atoms with E-state index in [4.69, 9.17) is 5.73 Å². The van der Waals surface area contributed by atoms with Crippen LogP contribution >= 0.6 is 11.8 Å². The van der Waals surface area contributed by atoms with Crippen LogP contribution in [0.3, 0.4) is 0 Å². The quantitative estimate of drug-likeness (QED) is 0.676. The molecule has 0 saturated heterocycles. The van der Waals surface area contributed by atoms with E-state index in [0.717, 1.165) is 23.1 Å². The number of hydrogen-bond donors (Lipinski definition) is 2. The number of amides is 2. The van der Waals surface area contributed by atoms with Gasteiger partial charge in [-0.2, -0.15) is 0 Å². The van der Waals surface area contributed by atoms with Gasteiger partial charge >= 0.3 is 0 Å². The summed E-state index contributed by atoms with van der Waals surface area (Å²) < 4.78 is 27.3. The summed E-state index contributed by atoms with van der Waals surface area (Å²) >= 11 is 1.23. The highest BCUT2D eigenvalue weighted by Gasteiger charge is 2.19. The highest BCUT2D eigenvalue weighted by molar-refractivity contribution is 8.00. The van der Waals surface area contributed by atoms with Gasteiger partial charge in [-0.1, -0.05) is 12.1 Å². The Morgan fingerprint density at radius 3 is 2.63 bits per heavy atom. The minimum Gasteiger partial charge on any atom is -0.369 e. The van der Waals surface area contributed by atoms with E-state index >= 15 is 0 Å². The van der Waals surface area contributed by atoms with Crippen molar-refractivity contribution in [2.75, 3.05) is 24.7 Å². The molecule has 3 N–H and O–H groups in total. The van der Waals surface area contributed by atoms with Crippen molar-refractivity contribution < 1.29 is 18.4 Å². The molecule has 1 unspecified atom stereocenters. The SMILES string of the molecule is CC(c1cc(F)ccc1F)N(C)CC(=O)Nc1ccccc1SCC(N)=O. The monoisotopic (exact) mass is 393 g/mol. The van der Waals surface area contributed by atoms with Crippen molar-refractivity contribution in [1.82, 2.24) is 4.90 Å². The third kappa shape index (κ3) is 6.04. The molecule has 0 fully saturated rings. The van der Waals surface area contributed by atoms with Crippen LogP contribution in [-0.2, 0) is 9.59 Å². The van der Waals surface area contributed by atoms with E-state index in [0.29, 0.717) is 5.69 Å². The van der Waals surface area contributed by atoms with Gasteiger partial charge in [0, 0.05) is 16.5 Å². The fourth-order valence-corrected chi connectivity index (χ4v) is 3.22. The molecule has 0 aliphatic rings. The standard InChI is InChI=1S/C19H21F2N3O2S/c1-12(14-9-13(20)7-8-15(14)21)24(2)10-19(26)23-16-5-3-4-6-17(16)27-11-18(22)25/h3-9,12H,10-11H2,1-2H3,(H2,22,25)(H,23,26). The molecule has 144 valence electrons. The van der Waals surface area contributed by atoms with Crippen LogP contribution in [0.4, 0.5) is 14.5 Å². The van der Waals surface area contributed by atoms with Crippen molar-refractivity contribution in [2.24, 2.45) is 5.73 Å². The second kappa shape index (κ2) is 9.48. The van der Waals surface area contributed by atoms with Crippen molar-refractivity contribution in [3.63, 3.8) is 0 Å². The van der Waals surface area contributed by atoms with E-state index in [9.17, 15) is 18.4 Å². The number of para-hydroxylation sites is 1. The van der Waals surface area contributed by atoms with E-state index in [2.05, 4.69) is 5.32 Å². The molecule has 2 rings (SSSR count). The van der Waals surface area contributed by atoms with Crippen LogP contribution in [0, 0.1) is 11.6 Å². The van der Waals surface area contributed by atoms with Crippen LogP contribution in [-0.4, -0.2) is 36.1 Å². The zero-order valence-electron chi connectivity index (χ0n) is 15.0. The van der Waals surface area contributed by atoms with Crippen LogP contribution in [0.15, 0.2) is 47.4 Å². The van der Waals surface area contributed by atoms with Gasteiger partial charge in [0.2, 0.25) is 11.8 Å². The second-order valence-electron chi connectivity index (χ2n) is 6.06. The average molecular weight is 393 g/mol. The molecule has 2 amide bonds. The number of likely N-dealkylation sites (N-methyl/N-ethyl adjacent to an activating group) is 1. The minimum absolute atomic E-state index is 0.0219. The molecule has 1 atom stereocenters. The first-order chi connectivity index (χ1) is 12.8. The Bertz CT molecular complexity index is 832. The maximum Gasteiger partial charge on any atom is 0.238 e. The lowest BCUT2D eigenvalue weighted by Gasteiger charge is -2.25. The Labute approximate surface area is 160 Å². The van der Waals surface area contributed by atoms with Gasteiger partial charge in [0.15, 0.2) is 0 Å². The Morgan fingerprint density at radius 1 is 1.22 bits per heavy atom. The summed E-state index contributed by atoms with van der Waals surface area (Å²) in [5.41, 5.74) is 5.90. The summed E-state index contributed by atoms with van der Waals surface area (Å²) in [4.78, 5) is 25.7. The van der Waals surface area contributed by atoms with Crippen LogP contribution in [0.2, 0.25) is 0 Å². The fraction of sp³-hybridized carbons (Fsp3) is 0.263. The second-order valence-corrected chi connectivity index (χ2v) is 7.07. The molecular weight excluding hydrogens is 372 g/mol. The lowest BCUT2D eigenvalue weighted by atomic mass is 10.1. The molecule has 8 heteroatoms. The van der Waals surface area contributed by atoms with Crippen LogP contribution in [0.1, 0.15) is 18.5 Å². The molecule has 0 aliphatic carbocycles. The summed E-state index contributed by atoms with van der Waals surface area (Å²) in [6, 6.07) is 9.81. The smallest absolute Gasteiger partial charge is 0.238 e. The number of nitrogens with zero attached hydrogens (tertiary/aromatic N) is 1. The summed E-state index contributed by atoms with van der Waals surface area (Å²) in [7, 11) is 1.66. The molecular formula is C19H21F2N3O2S. The highest BCUT2D eigenvalue weighted by Crippen LogP contribution is 2.27. The topological polar surface area (TPSA) is 75.4 Å². The van der Waals surface area contributed by atoms with Gasteiger partial charge in [-0.15, -0.1) is 11.8 Å². The first-order valence-corrected chi connectivity index (χ1v) is 9.21. The number of primary amides is 1. The number of hydrogen-bond acceptors (Lipinski definition) is 4. The maximum atomic E-state index is 13.9. The van der Waals surface area contributed by atoms with Gasteiger partial charge in [-0.25, -0.2) is 8.78 Å². The number of nitrogens with two attached hydrogens (primary N) is 1. The van der Waals surface area contributed by atoms with Crippen molar-refractivity contribution >= 4 is 29.3 Å². The zero-order chi connectivity index (χ0) is 20.0. The maximum absolute atomic E-state index is 13.9. The largest absolute Gasteiger partial charge is 0.369 e. The first kappa shape index (κ1) is 20.9. The van der Waals surface area contributed by atoms with Crippen LogP contribution in [0.5, 0.6) is 0 Å². The summed E-state index contributed by atoms with van der Waals surface area (Å²) in [6.07, 6.45) is 0. The molecule has 0 spiro atoms. The first-order valence-electron chi connectivity index (χ1n) is 8.23. The summed E-state index contributed by atoms with van der Waals surface area (Å²) in [5, 5.41) is 2.78. The molecule has 0 aromatic heterocycles. The van der Waals surface area contributed by atoms with E-state index in [-0.39, 0.29) is 23.8 Å². The Kier molecular flexibility index (Phi) is 7.32. The number of nitrogens with one attached hydrogen (secondary N) is 1. The molecule has 0 heterocycles. The molecule has 0 aliphatic heterocycles. The molecule has 0 saturated carbocycles. The van der Waals surface area contributed by atoms with E-state index in [1.54, 1.807) is 43.1 Å². The Balaban J connectivity index is 2.03. The fourth-order valence-electron chi connectivity index (χ4n) is 2.47. The van der Waals surface area contributed by atoms with Crippen molar-refractivity contribution in [1.29, 1.82) is 0 Å². The zero-order valence-corrected chi connectivity index (χ0v) is 15.9. The molecule has 27 heavy (non-hydrogen) atoms. The number of benzene rings is 2. The third-order valence-corrected chi connectivity index (χ3v) is 5.09. The number of halogens is 2. The van der Waals surface area contributed by atoms with Gasteiger partial charge in [0.1, 0.15) is 11.6 Å². The van der Waals surface area contributed by atoms with Crippen LogP contribution in [0.25, 0.3) is 0 Å². The average Bonchev–Trinajstić information content (AvgIpc) is 2.62. The molecule has 0 bridgehead atoms. The normalized spacial score (nSPS) is 12.0. The van der Waals surface area contributed by atoms with Crippen molar-refractivity contribution in [3.8, 4) is 0 Å². The third-order valence-electron chi connectivity index (χ3n) is 3.99. The van der Waals surface area contributed by atoms with Gasteiger partial charge < -0.3 is 11.1 Å². The van der Waals surface area contributed by atoms with Crippen LogP contribution < -0.4 is 11.1 Å². The summed E-state index contributed by atoms with van der Waals surface area (Å²) in [5.74, 6) is -1.72. The minimum atomic E-state index is -0.531. The van der Waals surface area contributed by atoms with E-state index < -0.39 is 23.6 Å². The number of thioether (sulfide) groups is 1. The van der Waals surface area contributed by atoms with Crippen molar-refractivity contribution in [2.45, 2.75) is 17.9 Å². The van der Waals surface area contributed by atoms with Gasteiger partial charge in [0.05, 0.1) is 18.0 Å². The molecule has 2 aromatic rings. The summed E-state index contributed by atoms with van der Waals surface area (Å²) in [6.45, 7) is 1.67.